The predicted molar refractivity (Wildman–Crippen MR) is 209 cm³/mol. The Morgan fingerprint density at radius 2 is 0.981 bits per heavy atom. The van der Waals surface area contributed by atoms with E-state index in [0.29, 0.717) is 81.0 Å². The Balaban J connectivity index is 1.27. The van der Waals surface area contributed by atoms with E-state index >= 15 is 0 Å². The van der Waals surface area contributed by atoms with Crippen LogP contribution in [0.15, 0.2) is 99.8 Å². The van der Waals surface area contributed by atoms with E-state index in [9.17, 15) is 9.59 Å². The fourth-order valence-electron chi connectivity index (χ4n) is 6.48. The Labute approximate surface area is 325 Å². The Kier molecular flexibility index (Phi) is 9.67. The summed E-state index contributed by atoms with van der Waals surface area (Å²) in [6, 6.07) is 19.9. The minimum Gasteiger partial charge on any atom is -0.486 e. The van der Waals surface area contributed by atoms with Gasteiger partial charge in [-0.25, -0.2) is 0 Å². The minimum atomic E-state index is -0.201. The molecule has 5 aromatic rings. The molecule has 0 radical (unpaired) electrons. The van der Waals surface area contributed by atoms with Crippen molar-refractivity contribution in [2.45, 2.75) is 58.7 Å². The van der Waals surface area contributed by atoms with E-state index in [4.69, 9.17) is 18.9 Å². The highest BCUT2D eigenvalue weighted by Crippen LogP contribution is 2.68. The van der Waals surface area contributed by atoms with Gasteiger partial charge in [0.25, 0.3) is 11.1 Å². The third kappa shape index (κ3) is 6.28. The van der Waals surface area contributed by atoms with Gasteiger partial charge in [0.15, 0.2) is 0 Å². The van der Waals surface area contributed by atoms with Crippen molar-refractivity contribution < 1.29 is 18.9 Å². The van der Waals surface area contributed by atoms with E-state index < -0.39 is 0 Å². The lowest BCUT2D eigenvalue weighted by atomic mass is 10.2. The van der Waals surface area contributed by atoms with Gasteiger partial charge in [-0.3, -0.25) is 28.7 Å². The third-order valence-corrected chi connectivity index (χ3v) is 14.3. The highest BCUT2D eigenvalue weighted by Gasteiger charge is 2.39. The summed E-state index contributed by atoms with van der Waals surface area (Å²) in [6.45, 7) is 2.88. The Morgan fingerprint density at radius 1 is 0.593 bits per heavy atom. The number of methoxy groups -OCH3 is 2. The van der Waals surface area contributed by atoms with E-state index in [2.05, 4.69) is 20.0 Å². The predicted octanol–water partition coefficient (Wildman–Crippen LogP) is 3.95. The van der Waals surface area contributed by atoms with Crippen LogP contribution in [0.5, 0.6) is 23.3 Å². The Bertz CT molecular complexity index is 2480. The first-order chi connectivity index (χ1) is 26.5. The zero-order valence-corrected chi connectivity index (χ0v) is 32.5. The van der Waals surface area contributed by atoms with Crippen molar-refractivity contribution >= 4 is 55.5 Å². The molecule has 0 saturated carbocycles. The number of benzene rings is 3. The number of nitrogens with zero attached hydrogens (tertiary/aromatic N) is 6. The normalized spacial score (nSPS) is 15.4. The molecule has 2 aromatic heterocycles. The summed E-state index contributed by atoms with van der Waals surface area (Å²) in [4.78, 5) is 49.7. The zero-order chi connectivity index (χ0) is 36.8. The first-order valence-corrected chi connectivity index (χ1v) is 20.5. The van der Waals surface area contributed by atoms with Crippen LogP contribution in [-0.4, -0.2) is 46.4 Å². The average molecular weight is 797 g/mol. The largest absolute Gasteiger partial charge is 0.486 e. The highest BCUT2D eigenvalue weighted by molar-refractivity contribution is 8.33. The van der Waals surface area contributed by atoms with Gasteiger partial charge < -0.3 is 18.9 Å². The molecule has 0 bridgehead atoms. The lowest BCUT2D eigenvalue weighted by Crippen LogP contribution is -2.47. The molecule has 4 aliphatic heterocycles. The van der Waals surface area contributed by atoms with Gasteiger partial charge in [-0.1, -0.05) is 108 Å². The number of aromatic nitrogens is 4. The number of hydrogen-bond donors (Lipinski definition) is 0. The first-order valence-electron chi connectivity index (χ1n) is 17.3. The maximum absolute atomic E-state index is 14.1. The van der Waals surface area contributed by atoms with Crippen LogP contribution in [-0.2, 0) is 26.3 Å². The van der Waals surface area contributed by atoms with Crippen LogP contribution < -0.4 is 51.7 Å². The van der Waals surface area contributed by atoms with E-state index in [1.54, 1.807) is 9.13 Å². The van der Waals surface area contributed by atoms with Gasteiger partial charge in [0.05, 0.1) is 42.3 Å². The van der Waals surface area contributed by atoms with Crippen LogP contribution in [0.4, 0.5) is 0 Å². The van der Waals surface area contributed by atoms with E-state index in [-0.39, 0.29) is 22.9 Å². The fourth-order valence-corrected chi connectivity index (χ4v) is 12.0. The van der Waals surface area contributed by atoms with Crippen molar-refractivity contribution in [3.05, 3.63) is 114 Å². The summed E-state index contributed by atoms with van der Waals surface area (Å²) < 4.78 is 29.7. The number of fused-ring (bicyclic) bond motifs is 4. The van der Waals surface area contributed by atoms with E-state index in [0.717, 1.165) is 43.6 Å². The van der Waals surface area contributed by atoms with Crippen LogP contribution in [0.2, 0.25) is 0 Å². The van der Waals surface area contributed by atoms with Gasteiger partial charge >= 0.3 is 0 Å². The topological polar surface area (TPSA) is 131 Å². The molecule has 16 heteroatoms. The Morgan fingerprint density at radius 3 is 1.35 bits per heavy atom. The molecule has 0 unspecified atom stereocenters. The first kappa shape index (κ1) is 35.1. The van der Waals surface area contributed by atoms with Crippen LogP contribution >= 0.6 is 47.0 Å². The molecule has 0 spiro atoms. The summed E-state index contributed by atoms with van der Waals surface area (Å²) in [6.07, 6.45) is 1.52. The van der Waals surface area contributed by atoms with Gasteiger partial charge in [0.1, 0.15) is 35.2 Å². The molecule has 274 valence electrons. The van der Waals surface area contributed by atoms with Crippen molar-refractivity contribution in [1.29, 1.82) is 0 Å². The maximum atomic E-state index is 14.1. The molecule has 0 amide bonds. The maximum Gasteiger partial charge on any atom is 0.267 e. The molecule has 0 aliphatic carbocycles. The molecular formula is C38H32N6O6S4. The van der Waals surface area contributed by atoms with Gasteiger partial charge in [-0.15, -0.1) is 0 Å². The highest BCUT2D eigenvalue weighted by atomic mass is 32.2. The molecule has 9 rings (SSSR count). The minimum absolute atomic E-state index is 0.201. The second-order valence-electron chi connectivity index (χ2n) is 12.5. The van der Waals surface area contributed by atoms with Gasteiger partial charge in [-0.05, 0) is 24.0 Å². The molecule has 3 aromatic carbocycles. The van der Waals surface area contributed by atoms with Crippen molar-refractivity contribution in [1.82, 2.24) is 19.1 Å². The number of hydrogen-bond acceptors (Lipinski definition) is 14. The number of ether oxygens (including phenoxy) is 4. The quantitative estimate of drug-likeness (QED) is 0.226. The van der Waals surface area contributed by atoms with Crippen molar-refractivity contribution in [2.75, 3.05) is 27.3 Å². The zero-order valence-electron chi connectivity index (χ0n) is 29.2. The molecular weight excluding hydrogens is 765 g/mol. The lowest BCUT2D eigenvalue weighted by molar-refractivity contribution is 0.269. The molecule has 0 fully saturated rings. The standard InChI is InChI=1S/C38H32N6O6S4/c1-47-31-23(33(45)43-17-9-15-39-37(43)41-31)35-51-27-25(49-19-21-11-5-3-6-12-21)29-30(26(28(27)52-35)50-20-22-13-7-4-8-14-22)54-36(53-29)24-32(48-2)42-38-40-16-10-18-44(38)34(24)46/h3-8,11-14H,9-10,15-20H2,1-2H3. The number of rotatable bonds is 8. The van der Waals surface area contributed by atoms with Crippen LogP contribution in [0.3, 0.4) is 0 Å². The van der Waals surface area contributed by atoms with Gasteiger partial charge in [0.2, 0.25) is 23.0 Å². The van der Waals surface area contributed by atoms with E-state index in [1.165, 1.54) is 61.3 Å². The molecule has 4 aliphatic rings. The van der Waals surface area contributed by atoms with Crippen molar-refractivity contribution in [3.8, 4) is 23.3 Å². The molecule has 6 heterocycles. The fraction of sp³-hybridized carbons (Fsp3) is 0.263. The molecule has 54 heavy (non-hydrogen) atoms. The monoisotopic (exact) mass is 796 g/mol. The summed E-state index contributed by atoms with van der Waals surface area (Å²) in [5, 5.41) is 0.757. The second kappa shape index (κ2) is 14.9. The Hall–Kier alpha value is -4.64. The molecule has 0 N–H and O–H groups in total. The van der Waals surface area contributed by atoms with Crippen LogP contribution in [0, 0.1) is 0 Å². The van der Waals surface area contributed by atoms with Crippen molar-refractivity contribution in [2.24, 2.45) is 9.98 Å². The van der Waals surface area contributed by atoms with E-state index in [1.807, 2.05) is 60.7 Å². The second-order valence-corrected chi connectivity index (χ2v) is 17.1. The molecule has 12 nitrogen and oxygen atoms in total. The van der Waals surface area contributed by atoms with Gasteiger partial charge in [0, 0.05) is 26.2 Å². The molecule has 0 atom stereocenters. The average Bonchev–Trinajstić information content (AvgIpc) is 3.85. The summed E-state index contributed by atoms with van der Waals surface area (Å²) in [7, 11) is 3.04. The van der Waals surface area contributed by atoms with Crippen LogP contribution in [0.25, 0.3) is 8.47 Å². The summed E-state index contributed by atoms with van der Waals surface area (Å²) in [5.41, 5.74) is 2.34. The third-order valence-electron chi connectivity index (χ3n) is 9.08. The molecule has 0 saturated heterocycles. The number of thioether (sulfide) groups is 4. The van der Waals surface area contributed by atoms with Crippen molar-refractivity contribution in [3.63, 3.8) is 0 Å². The SMILES string of the molecule is COc1nc2n(c(=O)c1=C1Sc3c(OCc4ccccc4)c4c(c(OCc5ccccc5)c3S1)SC(=c1c(OC)nc3n(c1=O)CCCN=3)S4)CCCN=2. The summed E-state index contributed by atoms with van der Waals surface area (Å²) in [5.74, 6) is 1.72. The smallest absolute Gasteiger partial charge is 0.267 e. The van der Waals surface area contributed by atoms with Crippen LogP contribution in [0.1, 0.15) is 24.0 Å². The van der Waals surface area contributed by atoms with Gasteiger partial charge in [-0.2, -0.15) is 9.97 Å². The lowest BCUT2D eigenvalue weighted by Gasteiger charge is -2.18. The summed E-state index contributed by atoms with van der Waals surface area (Å²) >= 11 is 5.75.